The first kappa shape index (κ1) is 16.7. The van der Waals surface area contributed by atoms with Crippen molar-refractivity contribution in [1.29, 1.82) is 0 Å². The van der Waals surface area contributed by atoms with Crippen LogP contribution in [-0.2, 0) is 23.3 Å². The summed E-state index contributed by atoms with van der Waals surface area (Å²) in [7, 11) is 0. The number of nitrogens with zero attached hydrogens (tertiary/aromatic N) is 3. The van der Waals surface area contributed by atoms with E-state index in [0.29, 0.717) is 17.8 Å². The van der Waals surface area contributed by atoms with Crippen LogP contribution in [0.1, 0.15) is 28.8 Å². The maximum Gasteiger partial charge on any atom is 0.325 e. The van der Waals surface area contributed by atoms with Crippen molar-refractivity contribution in [3.8, 4) is 0 Å². The van der Waals surface area contributed by atoms with Gasteiger partial charge in [-0.25, -0.2) is 9.78 Å². The van der Waals surface area contributed by atoms with E-state index in [0.717, 1.165) is 28.0 Å². The fourth-order valence-corrected chi connectivity index (χ4v) is 4.23. The number of nitrogens with one attached hydrogen (secondary N) is 1. The van der Waals surface area contributed by atoms with Crippen molar-refractivity contribution in [2.24, 2.45) is 0 Å². The molecule has 1 spiro atoms. The molecule has 3 heterocycles. The first-order chi connectivity index (χ1) is 13.5. The SMILES string of the molecule is Cc1ccc2nc(CN3C(=O)N[C@]4(CCc5ccccc54)C3=O)cc(=O)n2c1. The fraction of sp³-hybridized carbons (Fsp3) is 0.238. The lowest BCUT2D eigenvalue weighted by atomic mass is 9.92. The average Bonchev–Trinajstić information content (AvgIpc) is 3.16. The van der Waals surface area contributed by atoms with Crippen LogP contribution in [0.25, 0.3) is 5.65 Å². The minimum Gasteiger partial charge on any atom is -0.319 e. The van der Waals surface area contributed by atoms with Gasteiger partial charge in [0.05, 0.1) is 12.2 Å². The van der Waals surface area contributed by atoms with Gasteiger partial charge in [-0.3, -0.25) is 18.9 Å². The monoisotopic (exact) mass is 374 g/mol. The Morgan fingerprint density at radius 2 is 1.96 bits per heavy atom. The van der Waals surface area contributed by atoms with E-state index < -0.39 is 11.6 Å². The molecule has 2 aliphatic rings. The molecule has 7 nitrogen and oxygen atoms in total. The van der Waals surface area contributed by atoms with Crippen LogP contribution >= 0.6 is 0 Å². The molecule has 1 N–H and O–H groups in total. The number of aromatic nitrogens is 2. The van der Waals surface area contributed by atoms with E-state index in [-0.39, 0.29) is 18.0 Å². The Balaban J connectivity index is 1.51. The van der Waals surface area contributed by atoms with E-state index in [4.69, 9.17) is 0 Å². The van der Waals surface area contributed by atoms with Crippen molar-refractivity contribution < 1.29 is 9.59 Å². The molecule has 1 aliphatic carbocycles. The smallest absolute Gasteiger partial charge is 0.319 e. The van der Waals surface area contributed by atoms with Crippen molar-refractivity contribution in [2.75, 3.05) is 0 Å². The standard InChI is InChI=1S/C21H18N4O3/c1-13-6-7-17-22-15(10-18(26)24(17)11-13)12-25-19(27)21(23-20(25)28)9-8-14-4-2-3-5-16(14)21/h2-7,10-11H,8-9,12H2,1H3,(H,23,28)/t21-/m0/s1. The number of aryl methyl sites for hydroxylation is 2. The van der Waals surface area contributed by atoms with Gasteiger partial charge in [-0.1, -0.05) is 30.3 Å². The van der Waals surface area contributed by atoms with E-state index >= 15 is 0 Å². The Kier molecular flexibility index (Phi) is 3.43. The third kappa shape index (κ3) is 2.29. The lowest BCUT2D eigenvalue weighted by Gasteiger charge is -2.22. The van der Waals surface area contributed by atoms with Gasteiger partial charge in [0, 0.05) is 12.3 Å². The van der Waals surface area contributed by atoms with Gasteiger partial charge in [0.15, 0.2) is 0 Å². The Bertz CT molecular complexity index is 1220. The molecule has 0 radical (unpaired) electrons. The number of benzene rings is 1. The molecule has 3 amide bonds. The van der Waals surface area contributed by atoms with Gasteiger partial charge >= 0.3 is 6.03 Å². The van der Waals surface area contributed by atoms with Crippen LogP contribution in [0.15, 0.2) is 53.5 Å². The lowest BCUT2D eigenvalue weighted by molar-refractivity contribution is -0.132. The number of imide groups is 1. The van der Waals surface area contributed by atoms with E-state index in [1.165, 1.54) is 10.5 Å². The van der Waals surface area contributed by atoms with Crippen molar-refractivity contribution in [2.45, 2.75) is 31.8 Å². The van der Waals surface area contributed by atoms with Gasteiger partial charge in [0.2, 0.25) is 0 Å². The second-order valence-electron chi connectivity index (χ2n) is 7.40. The highest BCUT2D eigenvalue weighted by molar-refractivity contribution is 6.08. The molecular weight excluding hydrogens is 356 g/mol. The minimum absolute atomic E-state index is 0.0335. The predicted molar refractivity (Wildman–Crippen MR) is 102 cm³/mol. The summed E-state index contributed by atoms with van der Waals surface area (Å²) in [4.78, 5) is 43.9. The largest absolute Gasteiger partial charge is 0.325 e. The predicted octanol–water partition coefficient (Wildman–Crippen LogP) is 1.90. The topological polar surface area (TPSA) is 83.8 Å². The van der Waals surface area contributed by atoms with Crippen LogP contribution in [0.5, 0.6) is 0 Å². The summed E-state index contributed by atoms with van der Waals surface area (Å²) in [6, 6.07) is 12.2. The molecule has 0 unspecified atom stereocenters. The van der Waals surface area contributed by atoms with Crippen LogP contribution in [-0.4, -0.2) is 26.2 Å². The molecular formula is C21H18N4O3. The average molecular weight is 374 g/mol. The van der Waals surface area contributed by atoms with Crippen LogP contribution in [0.2, 0.25) is 0 Å². The Morgan fingerprint density at radius 3 is 2.82 bits per heavy atom. The van der Waals surface area contributed by atoms with Gasteiger partial charge in [-0.2, -0.15) is 0 Å². The van der Waals surface area contributed by atoms with Gasteiger partial charge in [-0.15, -0.1) is 0 Å². The molecule has 5 rings (SSSR count). The van der Waals surface area contributed by atoms with Crippen molar-refractivity contribution in [3.63, 3.8) is 0 Å². The van der Waals surface area contributed by atoms with E-state index in [1.807, 2.05) is 37.3 Å². The Labute approximate surface area is 160 Å². The molecule has 1 aromatic carbocycles. The number of pyridine rings is 1. The lowest BCUT2D eigenvalue weighted by Crippen LogP contribution is -2.41. The molecule has 1 atom stereocenters. The number of carbonyl (C=O) groups excluding carboxylic acids is 2. The van der Waals surface area contributed by atoms with E-state index in [2.05, 4.69) is 10.3 Å². The zero-order valence-electron chi connectivity index (χ0n) is 15.3. The van der Waals surface area contributed by atoms with Crippen molar-refractivity contribution in [1.82, 2.24) is 19.6 Å². The van der Waals surface area contributed by atoms with Crippen molar-refractivity contribution >= 4 is 17.6 Å². The zero-order valence-corrected chi connectivity index (χ0v) is 15.3. The molecule has 28 heavy (non-hydrogen) atoms. The van der Waals surface area contributed by atoms with Crippen molar-refractivity contribution in [3.05, 3.63) is 81.4 Å². The minimum atomic E-state index is -1.00. The van der Waals surface area contributed by atoms with Gasteiger partial charge < -0.3 is 5.32 Å². The maximum absolute atomic E-state index is 13.2. The number of carbonyl (C=O) groups is 2. The molecule has 2 aromatic heterocycles. The number of urea groups is 1. The molecule has 1 fully saturated rings. The summed E-state index contributed by atoms with van der Waals surface area (Å²) in [5, 5.41) is 2.89. The highest BCUT2D eigenvalue weighted by atomic mass is 16.2. The first-order valence-corrected chi connectivity index (χ1v) is 9.19. The third-order valence-corrected chi connectivity index (χ3v) is 5.60. The molecule has 1 aliphatic heterocycles. The molecule has 0 saturated carbocycles. The van der Waals surface area contributed by atoms with Crippen LogP contribution in [0, 0.1) is 6.92 Å². The van der Waals surface area contributed by atoms with Crippen LogP contribution < -0.4 is 10.9 Å². The number of fused-ring (bicyclic) bond motifs is 3. The summed E-state index contributed by atoms with van der Waals surface area (Å²) in [6.45, 7) is 1.86. The quantitative estimate of drug-likeness (QED) is 0.695. The number of rotatable bonds is 2. The fourth-order valence-electron chi connectivity index (χ4n) is 4.23. The van der Waals surface area contributed by atoms with E-state index in [1.54, 1.807) is 12.3 Å². The van der Waals surface area contributed by atoms with Gasteiger partial charge in [-0.05, 0) is 42.5 Å². The molecule has 7 heteroatoms. The van der Waals surface area contributed by atoms with Crippen LogP contribution in [0.3, 0.4) is 0 Å². The summed E-state index contributed by atoms with van der Waals surface area (Å²) in [5.74, 6) is -0.284. The normalized spacial score (nSPS) is 20.8. The Morgan fingerprint density at radius 1 is 1.14 bits per heavy atom. The second-order valence-corrected chi connectivity index (χ2v) is 7.40. The number of hydrogen-bond donors (Lipinski definition) is 1. The number of hydrogen-bond acceptors (Lipinski definition) is 4. The molecule has 1 saturated heterocycles. The zero-order chi connectivity index (χ0) is 19.5. The highest BCUT2D eigenvalue weighted by Gasteiger charge is 2.55. The van der Waals surface area contributed by atoms with Gasteiger partial charge in [0.1, 0.15) is 11.2 Å². The Hall–Kier alpha value is -3.48. The molecule has 3 aromatic rings. The maximum atomic E-state index is 13.2. The summed E-state index contributed by atoms with van der Waals surface area (Å²) in [6.07, 6.45) is 3.00. The third-order valence-electron chi connectivity index (χ3n) is 5.60. The summed E-state index contributed by atoms with van der Waals surface area (Å²) >= 11 is 0. The summed E-state index contributed by atoms with van der Waals surface area (Å²) < 4.78 is 1.46. The van der Waals surface area contributed by atoms with Gasteiger partial charge in [0.25, 0.3) is 11.5 Å². The molecule has 140 valence electrons. The summed E-state index contributed by atoms with van der Waals surface area (Å²) in [5.41, 5.74) is 2.52. The van der Waals surface area contributed by atoms with Crippen LogP contribution in [0.4, 0.5) is 4.79 Å². The number of amides is 3. The second kappa shape index (κ2) is 5.76. The van der Waals surface area contributed by atoms with E-state index in [9.17, 15) is 14.4 Å². The molecule has 0 bridgehead atoms. The highest BCUT2D eigenvalue weighted by Crippen LogP contribution is 2.41. The first-order valence-electron chi connectivity index (χ1n) is 9.19.